The Kier molecular flexibility index (Phi) is 2.57. The first kappa shape index (κ1) is 9.86. The Hall–Kier alpha value is -0.340. The second-order valence-corrected chi connectivity index (χ2v) is 5.86. The maximum Gasteiger partial charge on any atom is 0.0357 e. The first-order valence-electron chi connectivity index (χ1n) is 6.14. The lowest BCUT2D eigenvalue weighted by Crippen LogP contribution is -2.27. The lowest BCUT2D eigenvalue weighted by atomic mass is 9.90. The van der Waals surface area contributed by atoms with Crippen LogP contribution in [0.3, 0.4) is 0 Å². The molecule has 3 atom stereocenters. The largest absolute Gasteiger partial charge is 0.310 e. The molecule has 0 spiro atoms. The summed E-state index contributed by atoms with van der Waals surface area (Å²) in [4.78, 5) is 0. The highest BCUT2D eigenvalue weighted by molar-refractivity contribution is 7.07. The zero-order chi connectivity index (χ0) is 10.3. The molecule has 2 aliphatic rings. The van der Waals surface area contributed by atoms with Crippen molar-refractivity contribution in [1.29, 1.82) is 0 Å². The molecule has 2 heteroatoms. The van der Waals surface area contributed by atoms with Crippen LogP contribution in [-0.4, -0.2) is 6.54 Å². The zero-order valence-electron chi connectivity index (χ0n) is 9.28. The minimum absolute atomic E-state index is 0.633. The maximum atomic E-state index is 3.67. The highest BCUT2D eigenvalue weighted by Gasteiger charge is 2.47. The van der Waals surface area contributed by atoms with Gasteiger partial charge in [-0.1, -0.05) is 6.92 Å². The molecule has 3 rings (SSSR count). The summed E-state index contributed by atoms with van der Waals surface area (Å²) in [6, 6.07) is 2.93. The molecule has 0 saturated heterocycles. The lowest BCUT2D eigenvalue weighted by molar-refractivity contribution is 0.347. The Morgan fingerprint density at radius 1 is 1.40 bits per heavy atom. The molecule has 82 valence electrons. The molecular formula is C13H19NS. The number of nitrogens with one attached hydrogen (secondary N) is 1. The van der Waals surface area contributed by atoms with Crippen LogP contribution >= 0.6 is 11.3 Å². The fraction of sp³-hybridized carbons (Fsp3) is 0.692. The van der Waals surface area contributed by atoms with Crippen molar-refractivity contribution < 1.29 is 0 Å². The van der Waals surface area contributed by atoms with Gasteiger partial charge in [0.05, 0.1) is 0 Å². The average Bonchev–Trinajstić information content (AvgIpc) is 2.75. The summed E-state index contributed by atoms with van der Waals surface area (Å²) in [6.45, 7) is 3.31. The average molecular weight is 221 g/mol. The van der Waals surface area contributed by atoms with Crippen LogP contribution in [0.2, 0.25) is 0 Å². The van der Waals surface area contributed by atoms with E-state index < -0.39 is 0 Å². The summed E-state index contributed by atoms with van der Waals surface area (Å²) >= 11 is 1.82. The molecule has 0 amide bonds. The van der Waals surface area contributed by atoms with Crippen molar-refractivity contribution in [3.8, 4) is 0 Å². The summed E-state index contributed by atoms with van der Waals surface area (Å²) in [5.41, 5.74) is 1.52. The molecule has 0 bridgehead atoms. The first-order valence-corrected chi connectivity index (χ1v) is 7.08. The number of rotatable bonds is 4. The molecule has 15 heavy (non-hydrogen) atoms. The van der Waals surface area contributed by atoms with Crippen molar-refractivity contribution in [3.63, 3.8) is 0 Å². The van der Waals surface area contributed by atoms with Gasteiger partial charge in [-0.3, -0.25) is 0 Å². The van der Waals surface area contributed by atoms with Crippen LogP contribution in [0.5, 0.6) is 0 Å². The number of hydrogen-bond acceptors (Lipinski definition) is 2. The van der Waals surface area contributed by atoms with E-state index in [4.69, 9.17) is 0 Å². The van der Waals surface area contributed by atoms with Gasteiger partial charge in [-0.2, -0.15) is 11.3 Å². The molecule has 0 aliphatic heterocycles. The van der Waals surface area contributed by atoms with Gasteiger partial charge in [-0.25, -0.2) is 0 Å². The third-order valence-corrected chi connectivity index (χ3v) is 4.78. The Labute approximate surface area is 95.9 Å². The quantitative estimate of drug-likeness (QED) is 0.821. The molecule has 0 aromatic carbocycles. The van der Waals surface area contributed by atoms with Gasteiger partial charge in [0.25, 0.3) is 0 Å². The molecule has 2 aliphatic carbocycles. The predicted molar refractivity (Wildman–Crippen MR) is 65.1 cm³/mol. The van der Waals surface area contributed by atoms with E-state index in [1.807, 2.05) is 11.3 Å². The molecule has 1 nitrogen and oxygen atoms in total. The van der Waals surface area contributed by atoms with Gasteiger partial charge in [-0.15, -0.1) is 0 Å². The third-order valence-electron chi connectivity index (χ3n) is 4.08. The molecule has 2 fully saturated rings. The monoisotopic (exact) mass is 221 g/mol. The molecule has 2 saturated carbocycles. The van der Waals surface area contributed by atoms with Gasteiger partial charge in [0.1, 0.15) is 0 Å². The van der Waals surface area contributed by atoms with Crippen LogP contribution in [0, 0.1) is 17.8 Å². The SMILES string of the molecule is CCNC(c1ccsc1)C1CC2CC2C1. The van der Waals surface area contributed by atoms with Gasteiger partial charge in [0.2, 0.25) is 0 Å². The second kappa shape index (κ2) is 3.91. The normalized spacial score (nSPS) is 35.1. The molecule has 1 N–H and O–H groups in total. The number of fused-ring (bicyclic) bond motifs is 1. The van der Waals surface area contributed by atoms with Crippen LogP contribution in [0.25, 0.3) is 0 Å². The van der Waals surface area contributed by atoms with E-state index >= 15 is 0 Å². The van der Waals surface area contributed by atoms with E-state index in [1.165, 1.54) is 24.8 Å². The Morgan fingerprint density at radius 3 is 2.80 bits per heavy atom. The minimum atomic E-state index is 0.633. The van der Waals surface area contributed by atoms with Crippen molar-refractivity contribution in [2.45, 2.75) is 32.2 Å². The zero-order valence-corrected chi connectivity index (χ0v) is 10.1. The van der Waals surface area contributed by atoms with Crippen LogP contribution in [-0.2, 0) is 0 Å². The minimum Gasteiger partial charge on any atom is -0.310 e. The van der Waals surface area contributed by atoms with Gasteiger partial charge in [-0.05, 0) is 66.0 Å². The first-order chi connectivity index (χ1) is 7.38. The van der Waals surface area contributed by atoms with Crippen LogP contribution in [0.15, 0.2) is 16.8 Å². The van der Waals surface area contributed by atoms with Gasteiger partial charge in [0.15, 0.2) is 0 Å². The van der Waals surface area contributed by atoms with Crippen molar-refractivity contribution in [1.82, 2.24) is 5.32 Å². The number of thiophene rings is 1. The molecule has 1 aromatic rings. The van der Waals surface area contributed by atoms with Crippen LogP contribution in [0.4, 0.5) is 0 Å². The van der Waals surface area contributed by atoms with E-state index in [2.05, 4.69) is 29.1 Å². The topological polar surface area (TPSA) is 12.0 Å². The van der Waals surface area contributed by atoms with E-state index in [0.717, 1.165) is 24.3 Å². The van der Waals surface area contributed by atoms with Crippen LogP contribution in [0.1, 0.15) is 37.8 Å². The third kappa shape index (κ3) is 1.85. The predicted octanol–water partition coefficient (Wildman–Crippen LogP) is 3.44. The van der Waals surface area contributed by atoms with Gasteiger partial charge < -0.3 is 5.32 Å². The highest BCUT2D eigenvalue weighted by atomic mass is 32.1. The molecule has 1 heterocycles. The van der Waals surface area contributed by atoms with Crippen molar-refractivity contribution >= 4 is 11.3 Å². The summed E-state index contributed by atoms with van der Waals surface area (Å²) < 4.78 is 0. The van der Waals surface area contributed by atoms with E-state index in [-0.39, 0.29) is 0 Å². The fourth-order valence-electron chi connectivity index (χ4n) is 3.26. The lowest BCUT2D eigenvalue weighted by Gasteiger charge is -2.25. The highest BCUT2D eigenvalue weighted by Crippen LogP contribution is 2.57. The summed E-state index contributed by atoms with van der Waals surface area (Å²) in [6.07, 6.45) is 4.47. The maximum absolute atomic E-state index is 3.67. The summed E-state index contributed by atoms with van der Waals surface area (Å²) in [5, 5.41) is 8.20. The van der Waals surface area contributed by atoms with E-state index in [0.29, 0.717) is 6.04 Å². The Balaban J connectivity index is 1.73. The molecule has 0 radical (unpaired) electrons. The Morgan fingerprint density at radius 2 is 2.20 bits per heavy atom. The summed E-state index contributed by atoms with van der Waals surface area (Å²) in [7, 11) is 0. The molecule has 1 aromatic heterocycles. The Bertz CT molecular complexity index is 309. The summed E-state index contributed by atoms with van der Waals surface area (Å²) in [5.74, 6) is 3.09. The van der Waals surface area contributed by atoms with Crippen LogP contribution < -0.4 is 5.32 Å². The van der Waals surface area contributed by atoms with Gasteiger partial charge >= 0.3 is 0 Å². The molecular weight excluding hydrogens is 202 g/mol. The van der Waals surface area contributed by atoms with E-state index in [9.17, 15) is 0 Å². The molecule has 3 unspecified atom stereocenters. The van der Waals surface area contributed by atoms with Gasteiger partial charge in [0, 0.05) is 6.04 Å². The fourth-order valence-corrected chi connectivity index (χ4v) is 3.96. The second-order valence-electron chi connectivity index (χ2n) is 5.08. The van der Waals surface area contributed by atoms with Crippen molar-refractivity contribution in [2.24, 2.45) is 17.8 Å². The smallest absolute Gasteiger partial charge is 0.0357 e. The van der Waals surface area contributed by atoms with Crippen molar-refractivity contribution in [3.05, 3.63) is 22.4 Å². The number of hydrogen-bond donors (Lipinski definition) is 1. The van der Waals surface area contributed by atoms with Crippen molar-refractivity contribution in [2.75, 3.05) is 6.54 Å². The standard InChI is InChI=1S/C13H19NS/c1-2-14-13(9-3-4-15-8-9)12-6-10-5-11(10)7-12/h3-4,8,10-14H,2,5-7H2,1H3. The van der Waals surface area contributed by atoms with E-state index in [1.54, 1.807) is 0 Å².